The molecule has 3 heteroatoms. The highest BCUT2D eigenvalue weighted by molar-refractivity contribution is 5.85. The highest BCUT2D eigenvalue weighted by atomic mass is 16.2. The van der Waals surface area contributed by atoms with Gasteiger partial charge in [0.1, 0.15) is 0 Å². The molecule has 15 heavy (non-hydrogen) atoms. The zero-order valence-electron chi connectivity index (χ0n) is 9.30. The molecular weight excluding hydrogens is 188 g/mol. The minimum atomic E-state index is 0.0699. The van der Waals surface area contributed by atoms with Crippen LogP contribution in [0.3, 0.4) is 0 Å². The van der Waals surface area contributed by atoms with Crippen LogP contribution in [0, 0.1) is 0 Å². The molecule has 0 bridgehead atoms. The number of rotatable bonds is 0. The fourth-order valence-electron chi connectivity index (χ4n) is 3.65. The summed E-state index contributed by atoms with van der Waals surface area (Å²) in [5, 5.41) is 3.30. The van der Waals surface area contributed by atoms with E-state index in [2.05, 4.69) is 10.2 Å². The van der Waals surface area contributed by atoms with Gasteiger partial charge in [-0.25, -0.2) is 0 Å². The summed E-state index contributed by atoms with van der Waals surface area (Å²) in [4.78, 5) is 14.4. The zero-order chi connectivity index (χ0) is 10.3. The first-order valence-electron chi connectivity index (χ1n) is 6.41. The van der Waals surface area contributed by atoms with Gasteiger partial charge in [-0.1, -0.05) is 12.8 Å². The van der Waals surface area contributed by atoms with Crippen molar-refractivity contribution in [2.24, 2.45) is 0 Å². The summed E-state index contributed by atoms with van der Waals surface area (Å²) >= 11 is 0. The fraction of sp³-hybridized carbons (Fsp3) is 0.917. The molecule has 1 N–H and O–H groups in total. The van der Waals surface area contributed by atoms with Crippen LogP contribution in [-0.4, -0.2) is 29.1 Å². The van der Waals surface area contributed by atoms with E-state index in [1.807, 2.05) is 0 Å². The third kappa shape index (κ3) is 1.40. The largest absolute Gasteiger partial charge is 0.336 e. The van der Waals surface area contributed by atoms with Crippen LogP contribution in [0.2, 0.25) is 0 Å². The van der Waals surface area contributed by atoms with Gasteiger partial charge >= 0.3 is 0 Å². The molecule has 2 aliphatic heterocycles. The Morgan fingerprint density at radius 2 is 1.93 bits per heavy atom. The van der Waals surface area contributed by atoms with Crippen LogP contribution in [-0.2, 0) is 4.79 Å². The Labute approximate surface area is 91.2 Å². The molecule has 84 valence electrons. The van der Waals surface area contributed by atoms with Gasteiger partial charge in [0, 0.05) is 6.54 Å². The second-order valence-electron chi connectivity index (χ2n) is 5.29. The van der Waals surface area contributed by atoms with E-state index in [1.54, 1.807) is 0 Å². The topological polar surface area (TPSA) is 32.3 Å². The Balaban J connectivity index is 1.86. The molecule has 1 atom stereocenters. The van der Waals surface area contributed by atoms with Crippen molar-refractivity contribution in [1.29, 1.82) is 0 Å². The normalized spacial score (nSPS) is 35.2. The van der Waals surface area contributed by atoms with E-state index in [1.165, 1.54) is 44.9 Å². The maximum Gasteiger partial charge on any atom is 0.238 e. The summed E-state index contributed by atoms with van der Waals surface area (Å²) in [5.74, 6) is 0.302. The summed E-state index contributed by atoms with van der Waals surface area (Å²) in [7, 11) is 0. The van der Waals surface area contributed by atoms with Crippen molar-refractivity contribution in [1.82, 2.24) is 10.2 Å². The van der Waals surface area contributed by atoms with Crippen molar-refractivity contribution in [3.8, 4) is 0 Å². The first kappa shape index (κ1) is 9.64. The first-order chi connectivity index (χ1) is 7.32. The highest BCUT2D eigenvalue weighted by Crippen LogP contribution is 2.39. The molecule has 1 unspecified atom stereocenters. The summed E-state index contributed by atoms with van der Waals surface area (Å²) in [6, 6.07) is 0.205. The number of hydrogen-bond donors (Lipinski definition) is 1. The van der Waals surface area contributed by atoms with E-state index in [9.17, 15) is 4.79 Å². The molecule has 0 aromatic rings. The van der Waals surface area contributed by atoms with Crippen LogP contribution < -0.4 is 5.32 Å². The van der Waals surface area contributed by atoms with E-state index in [0.29, 0.717) is 5.91 Å². The van der Waals surface area contributed by atoms with Gasteiger partial charge in [0.2, 0.25) is 5.91 Å². The van der Waals surface area contributed by atoms with Crippen LogP contribution in [0.15, 0.2) is 0 Å². The quantitative estimate of drug-likeness (QED) is 0.656. The van der Waals surface area contributed by atoms with Gasteiger partial charge in [-0.05, 0) is 38.5 Å². The molecule has 2 heterocycles. The highest BCUT2D eigenvalue weighted by Gasteiger charge is 2.51. The van der Waals surface area contributed by atoms with Crippen molar-refractivity contribution in [3.63, 3.8) is 0 Å². The number of carbonyl (C=O) groups excluding carboxylic acids is 1. The van der Waals surface area contributed by atoms with Crippen LogP contribution in [0.1, 0.15) is 51.4 Å². The Kier molecular flexibility index (Phi) is 2.23. The smallest absolute Gasteiger partial charge is 0.238 e. The van der Waals surface area contributed by atoms with E-state index < -0.39 is 0 Å². The van der Waals surface area contributed by atoms with Crippen molar-refractivity contribution in [3.05, 3.63) is 0 Å². The molecule has 0 radical (unpaired) electrons. The second-order valence-corrected chi connectivity index (χ2v) is 5.29. The standard InChI is InChI=1S/C12H20N2O/c15-11-10-6-2-5-9-14(10)12(13-11)7-3-1-4-8-12/h10H,1-9H2,(H,13,15). The third-order valence-corrected chi connectivity index (χ3v) is 4.39. The number of hydrogen-bond acceptors (Lipinski definition) is 2. The number of nitrogens with one attached hydrogen (secondary N) is 1. The predicted octanol–water partition coefficient (Wildman–Crippen LogP) is 1.63. The number of nitrogens with zero attached hydrogens (tertiary/aromatic N) is 1. The molecule has 3 rings (SSSR count). The lowest BCUT2D eigenvalue weighted by Gasteiger charge is -2.43. The van der Waals surface area contributed by atoms with Gasteiger partial charge in [0.05, 0.1) is 11.7 Å². The Morgan fingerprint density at radius 1 is 1.13 bits per heavy atom. The van der Waals surface area contributed by atoms with Gasteiger partial charge in [-0.3, -0.25) is 9.69 Å². The van der Waals surface area contributed by atoms with Gasteiger partial charge in [0.25, 0.3) is 0 Å². The van der Waals surface area contributed by atoms with E-state index in [-0.39, 0.29) is 11.7 Å². The van der Waals surface area contributed by atoms with Crippen LogP contribution in [0.5, 0.6) is 0 Å². The molecule has 2 saturated heterocycles. The van der Waals surface area contributed by atoms with Crippen molar-refractivity contribution in [2.75, 3.05) is 6.54 Å². The molecular formula is C12H20N2O. The zero-order valence-corrected chi connectivity index (χ0v) is 9.30. The minimum absolute atomic E-state index is 0.0699. The average molecular weight is 208 g/mol. The predicted molar refractivity (Wildman–Crippen MR) is 58.3 cm³/mol. The Bertz CT molecular complexity index is 271. The third-order valence-electron chi connectivity index (χ3n) is 4.39. The van der Waals surface area contributed by atoms with E-state index >= 15 is 0 Å². The molecule has 1 amide bonds. The lowest BCUT2D eigenvalue weighted by Crippen LogP contribution is -2.55. The minimum Gasteiger partial charge on any atom is -0.336 e. The molecule has 3 aliphatic rings. The SMILES string of the molecule is O=C1NC2(CCCCC2)N2CCCCC12. The van der Waals surface area contributed by atoms with Crippen molar-refractivity contribution in [2.45, 2.75) is 63.1 Å². The molecule has 1 aliphatic carbocycles. The molecule has 0 aromatic carbocycles. The molecule has 0 aromatic heterocycles. The fourth-order valence-corrected chi connectivity index (χ4v) is 3.65. The maximum absolute atomic E-state index is 11.9. The monoisotopic (exact) mass is 208 g/mol. The van der Waals surface area contributed by atoms with E-state index in [0.717, 1.165) is 13.0 Å². The van der Waals surface area contributed by atoms with Crippen molar-refractivity contribution >= 4 is 5.91 Å². The van der Waals surface area contributed by atoms with Crippen molar-refractivity contribution < 1.29 is 4.79 Å². The molecule has 1 saturated carbocycles. The maximum atomic E-state index is 11.9. The lowest BCUT2D eigenvalue weighted by atomic mass is 9.87. The van der Waals surface area contributed by atoms with E-state index in [4.69, 9.17) is 0 Å². The molecule has 3 fully saturated rings. The summed E-state index contributed by atoms with van der Waals surface area (Å²) in [6.07, 6.45) is 9.83. The number of piperidine rings is 1. The van der Waals surface area contributed by atoms with Gasteiger partial charge < -0.3 is 5.32 Å². The average Bonchev–Trinajstić information content (AvgIpc) is 2.55. The van der Waals surface area contributed by atoms with Gasteiger partial charge in [-0.15, -0.1) is 0 Å². The summed E-state index contributed by atoms with van der Waals surface area (Å²) in [5.41, 5.74) is 0.0699. The Hall–Kier alpha value is -0.570. The molecule has 3 nitrogen and oxygen atoms in total. The molecule has 1 spiro atoms. The van der Waals surface area contributed by atoms with Crippen LogP contribution >= 0.6 is 0 Å². The number of carbonyl (C=O) groups is 1. The Morgan fingerprint density at radius 3 is 2.73 bits per heavy atom. The first-order valence-corrected chi connectivity index (χ1v) is 6.41. The summed E-state index contributed by atoms with van der Waals surface area (Å²) in [6.45, 7) is 1.13. The number of amides is 1. The van der Waals surface area contributed by atoms with Crippen LogP contribution in [0.25, 0.3) is 0 Å². The van der Waals surface area contributed by atoms with Gasteiger partial charge in [-0.2, -0.15) is 0 Å². The number of fused-ring (bicyclic) bond motifs is 2. The lowest BCUT2D eigenvalue weighted by molar-refractivity contribution is -0.122. The second kappa shape index (κ2) is 3.48. The summed E-state index contributed by atoms with van der Waals surface area (Å²) < 4.78 is 0. The van der Waals surface area contributed by atoms with Gasteiger partial charge in [0.15, 0.2) is 0 Å². The van der Waals surface area contributed by atoms with Crippen LogP contribution in [0.4, 0.5) is 0 Å².